The molecule has 0 fully saturated rings. The quantitative estimate of drug-likeness (QED) is 0.489. The first-order valence-corrected chi connectivity index (χ1v) is 9.84. The number of aromatic nitrogens is 3. The first-order valence-electron chi connectivity index (χ1n) is 8.64. The van der Waals surface area contributed by atoms with Gasteiger partial charge in [-0.3, -0.25) is 4.79 Å². The number of ether oxygens (including phenoxy) is 2. The largest absolute Gasteiger partial charge is 0.493 e. The maximum absolute atomic E-state index is 12.7. The molecule has 2 aromatic heterocycles. The second-order valence-corrected chi connectivity index (χ2v) is 7.53. The zero-order valence-corrected chi connectivity index (χ0v) is 17.2. The van der Waals surface area contributed by atoms with Crippen molar-refractivity contribution >= 4 is 46.1 Å². The molecular formula is C21H16ClN3O3S. The van der Waals surface area contributed by atoms with E-state index in [1.165, 1.54) is 15.9 Å². The van der Waals surface area contributed by atoms with Crippen LogP contribution in [0.3, 0.4) is 0 Å². The molecule has 6 nitrogen and oxygen atoms in total. The molecule has 4 rings (SSSR count). The van der Waals surface area contributed by atoms with Crippen LogP contribution in [0.25, 0.3) is 23.2 Å². The Hall–Kier alpha value is -3.16. The maximum atomic E-state index is 12.7. The van der Waals surface area contributed by atoms with Crippen molar-refractivity contribution in [2.24, 2.45) is 0 Å². The molecule has 0 saturated carbocycles. The minimum Gasteiger partial charge on any atom is -0.493 e. The Balaban J connectivity index is 1.65. The summed E-state index contributed by atoms with van der Waals surface area (Å²) in [7, 11) is 3.15. The Kier molecular flexibility index (Phi) is 5.33. The fourth-order valence-corrected chi connectivity index (χ4v) is 3.80. The van der Waals surface area contributed by atoms with Crippen LogP contribution >= 0.6 is 22.9 Å². The summed E-state index contributed by atoms with van der Waals surface area (Å²) in [4.78, 5) is 17.6. The molecule has 8 heteroatoms. The summed E-state index contributed by atoms with van der Waals surface area (Å²) in [5, 5.41) is 4.97. The second-order valence-electron chi connectivity index (χ2n) is 6.08. The summed E-state index contributed by atoms with van der Waals surface area (Å²) in [5.74, 6) is 1.70. The zero-order chi connectivity index (χ0) is 20.4. The van der Waals surface area contributed by atoms with Gasteiger partial charge in [0.2, 0.25) is 4.96 Å². The van der Waals surface area contributed by atoms with Gasteiger partial charge in [0.1, 0.15) is 0 Å². The third-order valence-electron chi connectivity index (χ3n) is 4.20. The van der Waals surface area contributed by atoms with Gasteiger partial charge < -0.3 is 9.47 Å². The van der Waals surface area contributed by atoms with Crippen LogP contribution in [0.1, 0.15) is 17.0 Å². The molecule has 2 heterocycles. The zero-order valence-electron chi connectivity index (χ0n) is 15.6. The highest BCUT2D eigenvalue weighted by atomic mass is 35.5. The Morgan fingerprint density at radius 1 is 1.00 bits per heavy atom. The smallest absolute Gasteiger partial charge is 0.291 e. The van der Waals surface area contributed by atoms with E-state index in [-0.39, 0.29) is 5.56 Å². The molecule has 146 valence electrons. The number of hydrogen-bond acceptors (Lipinski definition) is 6. The van der Waals surface area contributed by atoms with Crippen LogP contribution in [-0.4, -0.2) is 28.8 Å². The molecule has 0 bridgehead atoms. The van der Waals surface area contributed by atoms with Gasteiger partial charge in [-0.05, 0) is 47.5 Å². The normalized spacial score (nSPS) is 12.2. The predicted octanol–water partition coefficient (Wildman–Crippen LogP) is 3.54. The molecule has 0 atom stereocenters. The van der Waals surface area contributed by atoms with E-state index >= 15 is 0 Å². The number of fused-ring (bicyclic) bond motifs is 1. The third-order valence-corrected chi connectivity index (χ3v) is 5.41. The van der Waals surface area contributed by atoms with Crippen LogP contribution in [0, 0.1) is 0 Å². The molecule has 2 aromatic carbocycles. The van der Waals surface area contributed by atoms with Crippen LogP contribution in [0.5, 0.6) is 11.5 Å². The van der Waals surface area contributed by atoms with E-state index in [0.717, 1.165) is 11.1 Å². The Labute approximate surface area is 175 Å². The summed E-state index contributed by atoms with van der Waals surface area (Å²) >= 11 is 7.17. The topological polar surface area (TPSA) is 65.7 Å². The fourth-order valence-electron chi connectivity index (χ4n) is 2.76. The number of thiazole rings is 1. The second kappa shape index (κ2) is 8.06. The number of rotatable bonds is 5. The molecule has 0 saturated heterocycles. The molecule has 0 aliphatic heterocycles. The summed E-state index contributed by atoms with van der Waals surface area (Å²) < 4.78 is 12.4. The van der Waals surface area contributed by atoms with E-state index in [2.05, 4.69) is 10.1 Å². The van der Waals surface area contributed by atoms with Crippen LogP contribution in [-0.2, 0) is 0 Å². The monoisotopic (exact) mass is 425 g/mol. The van der Waals surface area contributed by atoms with Crippen molar-refractivity contribution in [3.63, 3.8) is 0 Å². The van der Waals surface area contributed by atoms with E-state index < -0.39 is 0 Å². The minimum atomic E-state index is -0.210. The summed E-state index contributed by atoms with van der Waals surface area (Å²) in [6.07, 6.45) is 5.42. The number of nitrogens with zero attached hydrogens (tertiary/aromatic N) is 3. The van der Waals surface area contributed by atoms with Gasteiger partial charge >= 0.3 is 0 Å². The average molecular weight is 426 g/mol. The standard InChI is InChI=1S/C21H16ClN3O3S/c1-27-16-9-5-14(11-17(16)28-2)12-18-20(26)25-21(29-18)23-19(24-25)10-6-13-3-7-15(22)8-4-13/h3-12H,1-2H3/b10-6+,18-12-. The predicted molar refractivity (Wildman–Crippen MR) is 116 cm³/mol. The van der Waals surface area contributed by atoms with Crippen LogP contribution in [0.15, 0.2) is 47.3 Å². The van der Waals surface area contributed by atoms with Gasteiger partial charge in [-0.15, -0.1) is 5.10 Å². The van der Waals surface area contributed by atoms with Gasteiger partial charge in [0.25, 0.3) is 5.56 Å². The first kappa shape index (κ1) is 19.2. The lowest BCUT2D eigenvalue weighted by Crippen LogP contribution is -2.23. The fraction of sp³-hybridized carbons (Fsp3) is 0.0952. The molecule has 0 unspecified atom stereocenters. The van der Waals surface area contributed by atoms with Crippen molar-refractivity contribution in [3.05, 3.63) is 79.3 Å². The third kappa shape index (κ3) is 4.01. The van der Waals surface area contributed by atoms with Crippen LogP contribution in [0.2, 0.25) is 5.02 Å². The number of halogens is 1. The van der Waals surface area contributed by atoms with E-state index in [1.807, 2.05) is 42.5 Å². The Bertz CT molecular complexity index is 1310. The van der Waals surface area contributed by atoms with Gasteiger partial charge in [0.05, 0.1) is 18.8 Å². The summed E-state index contributed by atoms with van der Waals surface area (Å²) in [5.41, 5.74) is 1.59. The van der Waals surface area contributed by atoms with Gasteiger partial charge in [-0.25, -0.2) is 0 Å². The van der Waals surface area contributed by atoms with Crippen molar-refractivity contribution in [1.82, 2.24) is 14.6 Å². The molecule has 0 N–H and O–H groups in total. The SMILES string of the molecule is COc1ccc(/C=c2\sc3nc(/C=C/c4ccc(Cl)cc4)nn3c2=O)cc1OC. The van der Waals surface area contributed by atoms with E-state index in [1.54, 1.807) is 32.4 Å². The molecular weight excluding hydrogens is 410 g/mol. The minimum absolute atomic E-state index is 0.210. The van der Waals surface area contributed by atoms with Crippen molar-refractivity contribution in [3.8, 4) is 11.5 Å². The lowest BCUT2D eigenvalue weighted by atomic mass is 10.2. The van der Waals surface area contributed by atoms with Gasteiger partial charge in [-0.1, -0.05) is 47.2 Å². The average Bonchev–Trinajstić information content (AvgIpc) is 3.26. The highest BCUT2D eigenvalue weighted by molar-refractivity contribution is 7.15. The molecule has 29 heavy (non-hydrogen) atoms. The van der Waals surface area contributed by atoms with Crippen LogP contribution < -0.4 is 19.6 Å². The van der Waals surface area contributed by atoms with Gasteiger partial charge in [0, 0.05) is 5.02 Å². The molecule has 0 aliphatic rings. The van der Waals surface area contributed by atoms with Crippen LogP contribution in [0.4, 0.5) is 0 Å². The highest BCUT2D eigenvalue weighted by Gasteiger charge is 2.09. The Morgan fingerprint density at radius 2 is 1.72 bits per heavy atom. The first-order chi connectivity index (χ1) is 14.1. The molecule has 0 radical (unpaired) electrons. The lowest BCUT2D eigenvalue weighted by Gasteiger charge is -2.07. The maximum Gasteiger partial charge on any atom is 0.291 e. The lowest BCUT2D eigenvalue weighted by molar-refractivity contribution is 0.355. The molecule has 0 amide bonds. The number of hydrogen-bond donors (Lipinski definition) is 0. The highest BCUT2D eigenvalue weighted by Crippen LogP contribution is 2.27. The van der Waals surface area contributed by atoms with Crippen molar-refractivity contribution in [2.45, 2.75) is 0 Å². The summed E-state index contributed by atoms with van der Waals surface area (Å²) in [6, 6.07) is 12.9. The number of benzene rings is 2. The van der Waals surface area contributed by atoms with Crippen molar-refractivity contribution in [2.75, 3.05) is 14.2 Å². The summed E-state index contributed by atoms with van der Waals surface area (Å²) in [6.45, 7) is 0. The van der Waals surface area contributed by atoms with Gasteiger partial charge in [-0.2, -0.15) is 9.50 Å². The molecule has 0 spiro atoms. The number of methoxy groups -OCH3 is 2. The Morgan fingerprint density at radius 3 is 2.41 bits per heavy atom. The van der Waals surface area contributed by atoms with Crippen molar-refractivity contribution in [1.29, 1.82) is 0 Å². The van der Waals surface area contributed by atoms with Gasteiger partial charge in [0.15, 0.2) is 17.3 Å². The van der Waals surface area contributed by atoms with Crippen molar-refractivity contribution < 1.29 is 9.47 Å². The van der Waals surface area contributed by atoms with E-state index in [9.17, 15) is 4.79 Å². The van der Waals surface area contributed by atoms with E-state index in [0.29, 0.717) is 31.8 Å². The molecule has 0 aliphatic carbocycles. The molecule has 4 aromatic rings. The van der Waals surface area contributed by atoms with E-state index in [4.69, 9.17) is 21.1 Å².